The molecule has 102 valence electrons. The Morgan fingerprint density at radius 2 is 2.20 bits per heavy atom. The van der Waals surface area contributed by atoms with Crippen molar-refractivity contribution in [1.82, 2.24) is 9.97 Å². The summed E-state index contributed by atoms with van der Waals surface area (Å²) < 4.78 is 10.8. The number of ether oxygens (including phenoxy) is 2. The lowest BCUT2D eigenvalue weighted by molar-refractivity contribution is -0.135. The van der Waals surface area contributed by atoms with Crippen molar-refractivity contribution >= 4 is 5.97 Å². The number of fused-ring (bicyclic) bond motifs is 1. The predicted octanol–water partition coefficient (Wildman–Crippen LogP) is 2.99. The van der Waals surface area contributed by atoms with Crippen molar-refractivity contribution in [2.24, 2.45) is 0 Å². The van der Waals surface area contributed by atoms with Gasteiger partial charge >= 0.3 is 12.0 Å². The molecule has 0 radical (unpaired) electrons. The molecule has 0 fully saturated rings. The van der Waals surface area contributed by atoms with Gasteiger partial charge < -0.3 is 9.47 Å². The topological polar surface area (TPSA) is 61.3 Å². The number of nitrogens with zero attached hydrogens (tertiary/aromatic N) is 2. The van der Waals surface area contributed by atoms with Crippen LogP contribution in [-0.2, 0) is 4.79 Å². The van der Waals surface area contributed by atoms with Gasteiger partial charge in [-0.1, -0.05) is 13.0 Å². The molecule has 2 heterocycles. The second-order valence-electron chi connectivity index (χ2n) is 4.86. The molecule has 1 aromatic carbocycles. The third-order valence-electron chi connectivity index (χ3n) is 3.19. The van der Waals surface area contributed by atoms with Crippen molar-refractivity contribution in [2.45, 2.75) is 26.2 Å². The number of esters is 1. The van der Waals surface area contributed by atoms with Crippen LogP contribution in [0.4, 0.5) is 0 Å². The third kappa shape index (κ3) is 2.47. The lowest BCUT2D eigenvalue weighted by Gasteiger charge is -2.21. The first kappa shape index (κ1) is 12.6. The van der Waals surface area contributed by atoms with Gasteiger partial charge in [0.25, 0.3) is 0 Å². The summed E-state index contributed by atoms with van der Waals surface area (Å²) in [5.74, 6) is 1.06. The average Bonchev–Trinajstić information content (AvgIpc) is 2.38. The van der Waals surface area contributed by atoms with Crippen LogP contribution < -0.4 is 9.47 Å². The molecule has 0 N–H and O–H groups in total. The van der Waals surface area contributed by atoms with Gasteiger partial charge in [0.1, 0.15) is 11.5 Å². The Kier molecular flexibility index (Phi) is 3.10. The van der Waals surface area contributed by atoms with E-state index in [9.17, 15) is 4.79 Å². The van der Waals surface area contributed by atoms with Gasteiger partial charge in [0, 0.05) is 18.0 Å². The molecule has 0 aliphatic carbocycles. The lowest BCUT2D eigenvalue weighted by Crippen LogP contribution is -2.18. The first-order chi connectivity index (χ1) is 9.61. The number of aromatic nitrogens is 2. The molecule has 20 heavy (non-hydrogen) atoms. The van der Waals surface area contributed by atoms with E-state index in [-0.39, 0.29) is 17.9 Å². The normalized spacial score (nSPS) is 17.3. The quantitative estimate of drug-likeness (QED) is 0.620. The highest BCUT2D eigenvalue weighted by Crippen LogP contribution is 2.36. The minimum atomic E-state index is -0.214. The van der Waals surface area contributed by atoms with Crippen molar-refractivity contribution in [2.75, 3.05) is 0 Å². The molecular formula is C15H14N2O3. The average molecular weight is 270 g/mol. The van der Waals surface area contributed by atoms with Crippen LogP contribution in [-0.4, -0.2) is 15.9 Å². The highest BCUT2D eigenvalue weighted by molar-refractivity contribution is 5.76. The molecule has 0 saturated carbocycles. The van der Waals surface area contributed by atoms with Crippen LogP contribution in [0.2, 0.25) is 0 Å². The van der Waals surface area contributed by atoms with Crippen LogP contribution in [0.3, 0.4) is 0 Å². The van der Waals surface area contributed by atoms with Gasteiger partial charge in [-0.2, -0.15) is 0 Å². The number of hydrogen-bond donors (Lipinski definition) is 0. The molecular weight excluding hydrogens is 256 g/mol. The van der Waals surface area contributed by atoms with E-state index in [1.54, 1.807) is 18.3 Å². The Morgan fingerprint density at radius 3 is 3.00 bits per heavy atom. The molecule has 3 rings (SSSR count). The maximum absolute atomic E-state index is 11.5. The van der Waals surface area contributed by atoms with Crippen molar-refractivity contribution < 1.29 is 14.3 Å². The van der Waals surface area contributed by atoms with Crippen molar-refractivity contribution in [3.05, 3.63) is 41.7 Å². The molecule has 0 amide bonds. The second-order valence-corrected chi connectivity index (χ2v) is 4.86. The molecule has 0 bridgehead atoms. The number of carbonyl (C=O) groups excluding carboxylic acids is 1. The third-order valence-corrected chi connectivity index (χ3v) is 3.19. The fraction of sp³-hybridized carbons (Fsp3) is 0.267. The zero-order valence-electron chi connectivity index (χ0n) is 11.3. The standard InChI is InChI=1S/C15H14N2O3/c1-9-7-14(18)20-13-8-11(3-4-12(9)13)19-15-16-6-5-10(2)17-15/h3-6,8-9H,7H2,1-2H3. The summed E-state index contributed by atoms with van der Waals surface area (Å²) in [7, 11) is 0. The molecule has 5 nitrogen and oxygen atoms in total. The molecule has 1 aliphatic heterocycles. The van der Waals surface area contributed by atoms with E-state index in [0.717, 1.165) is 11.3 Å². The monoisotopic (exact) mass is 270 g/mol. The minimum Gasteiger partial charge on any atom is -0.426 e. The summed E-state index contributed by atoms with van der Waals surface area (Å²) in [5.41, 5.74) is 1.84. The predicted molar refractivity (Wildman–Crippen MR) is 72.0 cm³/mol. The van der Waals surface area contributed by atoms with Gasteiger partial charge in [-0.15, -0.1) is 0 Å². The van der Waals surface area contributed by atoms with Crippen LogP contribution in [0.1, 0.15) is 30.5 Å². The van der Waals surface area contributed by atoms with Gasteiger partial charge in [-0.05, 0) is 30.5 Å². The smallest absolute Gasteiger partial charge is 0.322 e. The SMILES string of the molecule is Cc1ccnc(Oc2ccc3c(c2)OC(=O)CC3C)n1. The number of benzene rings is 1. The molecule has 0 spiro atoms. The Morgan fingerprint density at radius 1 is 1.35 bits per heavy atom. The van der Waals surface area contributed by atoms with Gasteiger partial charge in [0.05, 0.1) is 6.42 Å². The zero-order valence-corrected chi connectivity index (χ0v) is 11.3. The largest absolute Gasteiger partial charge is 0.426 e. The van der Waals surface area contributed by atoms with E-state index in [2.05, 4.69) is 9.97 Å². The fourth-order valence-electron chi connectivity index (χ4n) is 2.18. The first-order valence-corrected chi connectivity index (χ1v) is 6.44. The maximum atomic E-state index is 11.5. The number of carbonyl (C=O) groups is 1. The summed E-state index contributed by atoms with van der Waals surface area (Å²) in [6.45, 7) is 3.87. The van der Waals surface area contributed by atoms with Crippen LogP contribution in [0.15, 0.2) is 30.5 Å². The number of rotatable bonds is 2. The highest BCUT2D eigenvalue weighted by atomic mass is 16.5. The fourth-order valence-corrected chi connectivity index (χ4v) is 2.18. The summed E-state index contributed by atoms with van der Waals surface area (Å²) in [5, 5.41) is 0. The Labute approximate surface area is 116 Å². The van der Waals surface area contributed by atoms with Crippen molar-refractivity contribution in [1.29, 1.82) is 0 Å². The van der Waals surface area contributed by atoms with E-state index in [0.29, 0.717) is 17.9 Å². The van der Waals surface area contributed by atoms with E-state index in [1.807, 2.05) is 26.0 Å². The number of aryl methyl sites for hydroxylation is 1. The number of hydrogen-bond acceptors (Lipinski definition) is 5. The minimum absolute atomic E-state index is 0.163. The van der Waals surface area contributed by atoms with Crippen molar-refractivity contribution in [3.8, 4) is 17.5 Å². The summed E-state index contributed by atoms with van der Waals surface area (Å²) >= 11 is 0. The summed E-state index contributed by atoms with van der Waals surface area (Å²) in [6.07, 6.45) is 2.05. The van der Waals surface area contributed by atoms with E-state index in [4.69, 9.17) is 9.47 Å². The second kappa shape index (κ2) is 4.92. The molecule has 1 aliphatic rings. The Hall–Kier alpha value is -2.43. The molecule has 1 unspecified atom stereocenters. The van der Waals surface area contributed by atoms with E-state index < -0.39 is 0 Å². The van der Waals surface area contributed by atoms with Crippen LogP contribution >= 0.6 is 0 Å². The van der Waals surface area contributed by atoms with E-state index >= 15 is 0 Å². The summed E-state index contributed by atoms with van der Waals surface area (Å²) in [6, 6.07) is 7.52. The van der Waals surface area contributed by atoms with Gasteiger partial charge in [-0.3, -0.25) is 4.79 Å². The Bertz CT molecular complexity index is 670. The van der Waals surface area contributed by atoms with Gasteiger partial charge in [-0.25, -0.2) is 9.97 Å². The van der Waals surface area contributed by atoms with E-state index in [1.165, 1.54) is 0 Å². The first-order valence-electron chi connectivity index (χ1n) is 6.44. The van der Waals surface area contributed by atoms with Crippen molar-refractivity contribution in [3.63, 3.8) is 0 Å². The highest BCUT2D eigenvalue weighted by Gasteiger charge is 2.24. The van der Waals surface area contributed by atoms with Crippen LogP contribution in [0.5, 0.6) is 17.5 Å². The maximum Gasteiger partial charge on any atom is 0.322 e. The molecule has 5 heteroatoms. The lowest BCUT2D eigenvalue weighted by atomic mass is 9.95. The molecule has 1 atom stereocenters. The molecule has 0 saturated heterocycles. The Balaban J connectivity index is 1.89. The van der Waals surface area contributed by atoms with Crippen LogP contribution in [0.25, 0.3) is 0 Å². The summed E-state index contributed by atoms with van der Waals surface area (Å²) in [4.78, 5) is 19.7. The molecule has 2 aromatic rings. The van der Waals surface area contributed by atoms with Crippen LogP contribution in [0, 0.1) is 6.92 Å². The molecule has 1 aromatic heterocycles. The van der Waals surface area contributed by atoms with Gasteiger partial charge in [0.15, 0.2) is 0 Å². The zero-order chi connectivity index (χ0) is 14.1. The van der Waals surface area contributed by atoms with Gasteiger partial charge in [0.2, 0.25) is 0 Å².